The van der Waals surface area contributed by atoms with Gasteiger partial charge in [0.25, 0.3) is 0 Å². The van der Waals surface area contributed by atoms with E-state index < -0.39 is 23.1 Å². The van der Waals surface area contributed by atoms with E-state index in [-0.39, 0.29) is 35.8 Å². The van der Waals surface area contributed by atoms with Gasteiger partial charge in [0.15, 0.2) is 0 Å². The lowest BCUT2D eigenvalue weighted by atomic mass is 9.83. The van der Waals surface area contributed by atoms with E-state index in [1.54, 1.807) is 9.80 Å². The molecular formula is C30H46N4O5. The molecule has 3 heterocycles. The van der Waals surface area contributed by atoms with Crippen LogP contribution in [-0.4, -0.2) is 89.6 Å². The van der Waals surface area contributed by atoms with Gasteiger partial charge in [-0.1, -0.05) is 51.1 Å². The number of carbonyl (C=O) groups is 3. The Morgan fingerprint density at radius 2 is 1.67 bits per heavy atom. The Hall–Kier alpha value is -2.65. The van der Waals surface area contributed by atoms with Crippen LogP contribution in [0.5, 0.6) is 0 Å². The fourth-order valence-corrected chi connectivity index (χ4v) is 5.76. The minimum absolute atomic E-state index is 0.0115. The van der Waals surface area contributed by atoms with E-state index in [0.29, 0.717) is 39.3 Å². The molecule has 9 nitrogen and oxygen atoms in total. The first-order valence-corrected chi connectivity index (χ1v) is 14.2. The first-order chi connectivity index (χ1) is 18.2. The smallest absolute Gasteiger partial charge is 0.410 e. The summed E-state index contributed by atoms with van der Waals surface area (Å²) in [7, 11) is 0. The summed E-state index contributed by atoms with van der Waals surface area (Å²) in [6.07, 6.45) is 1.02. The largest absolute Gasteiger partial charge is 0.444 e. The molecule has 0 spiro atoms. The van der Waals surface area contributed by atoms with E-state index in [2.05, 4.69) is 0 Å². The third-order valence-corrected chi connectivity index (χ3v) is 8.05. The molecule has 3 aliphatic rings. The summed E-state index contributed by atoms with van der Waals surface area (Å²) in [6, 6.07) is 8.69. The lowest BCUT2D eigenvalue weighted by Crippen LogP contribution is -2.58. The van der Waals surface area contributed by atoms with E-state index in [9.17, 15) is 14.4 Å². The Kier molecular flexibility index (Phi) is 8.61. The van der Waals surface area contributed by atoms with Gasteiger partial charge in [-0.2, -0.15) is 0 Å². The molecule has 1 aromatic rings. The Bertz CT molecular complexity index is 1030. The fraction of sp³-hybridized carbons (Fsp3) is 0.700. The van der Waals surface area contributed by atoms with Crippen LogP contribution in [0.3, 0.4) is 0 Å². The molecule has 0 aromatic heterocycles. The predicted molar refractivity (Wildman–Crippen MR) is 149 cm³/mol. The van der Waals surface area contributed by atoms with E-state index in [1.165, 1.54) is 0 Å². The quantitative estimate of drug-likeness (QED) is 0.611. The van der Waals surface area contributed by atoms with Crippen molar-refractivity contribution in [3.05, 3.63) is 35.9 Å². The molecule has 0 aliphatic carbocycles. The van der Waals surface area contributed by atoms with Crippen molar-refractivity contribution in [2.75, 3.05) is 39.3 Å². The van der Waals surface area contributed by atoms with Crippen LogP contribution in [0.15, 0.2) is 30.3 Å². The zero-order valence-electron chi connectivity index (χ0n) is 24.4. The first kappa shape index (κ1) is 29.3. The van der Waals surface area contributed by atoms with Crippen molar-refractivity contribution in [2.24, 2.45) is 23.0 Å². The molecule has 1 aromatic carbocycles. The van der Waals surface area contributed by atoms with Crippen molar-refractivity contribution < 1.29 is 23.9 Å². The number of amides is 3. The lowest BCUT2D eigenvalue weighted by molar-refractivity contribution is -0.152. The van der Waals surface area contributed by atoms with Gasteiger partial charge in [-0.25, -0.2) is 4.79 Å². The van der Waals surface area contributed by atoms with Crippen LogP contribution >= 0.6 is 0 Å². The molecule has 3 amide bonds. The van der Waals surface area contributed by atoms with Crippen molar-refractivity contribution in [1.29, 1.82) is 0 Å². The minimum atomic E-state index is -0.695. The SMILES string of the molecule is CC(C)(C)OC(=O)N1CC(C[C@@H]2CCN(C(=O)[C@@H](N)C(C)(C)C)[C@@H]2C(=O)N2CCO[C@H](c3ccccc3)C2)C1. The van der Waals surface area contributed by atoms with E-state index >= 15 is 0 Å². The summed E-state index contributed by atoms with van der Waals surface area (Å²) in [5.41, 5.74) is 6.50. The lowest BCUT2D eigenvalue weighted by Gasteiger charge is -2.42. The fourth-order valence-electron chi connectivity index (χ4n) is 5.76. The summed E-state index contributed by atoms with van der Waals surface area (Å²) < 4.78 is 11.5. The molecule has 4 rings (SSSR count). The van der Waals surface area contributed by atoms with Crippen molar-refractivity contribution in [2.45, 2.75) is 78.2 Å². The molecule has 9 heteroatoms. The maximum Gasteiger partial charge on any atom is 0.410 e. The average Bonchev–Trinajstić information content (AvgIpc) is 3.27. The number of morpholine rings is 1. The number of hydrogen-bond donors (Lipinski definition) is 1. The number of hydrogen-bond acceptors (Lipinski definition) is 6. The Labute approximate surface area is 233 Å². The van der Waals surface area contributed by atoms with Crippen LogP contribution in [0.1, 0.15) is 66.1 Å². The van der Waals surface area contributed by atoms with E-state index in [4.69, 9.17) is 15.2 Å². The van der Waals surface area contributed by atoms with Crippen LogP contribution in [0, 0.1) is 17.3 Å². The standard InChI is InChI=1S/C30H46N4O5/c1-29(2,3)25(31)27(36)34-13-12-22(16-20-17-33(18-20)28(37)39-30(4,5)6)24(34)26(35)32-14-15-38-23(19-32)21-10-8-7-9-11-21/h7-11,20,22-25H,12-19,31H2,1-6H3/t22-,23-,24-,25+/m0/s1. The average molecular weight is 543 g/mol. The number of ether oxygens (including phenoxy) is 2. The molecule has 4 atom stereocenters. The molecule has 3 fully saturated rings. The van der Waals surface area contributed by atoms with Gasteiger partial charge < -0.3 is 29.9 Å². The van der Waals surface area contributed by atoms with Crippen molar-refractivity contribution >= 4 is 17.9 Å². The van der Waals surface area contributed by atoms with Crippen LogP contribution in [0.25, 0.3) is 0 Å². The number of likely N-dealkylation sites (tertiary alicyclic amines) is 2. The number of benzene rings is 1. The summed E-state index contributed by atoms with van der Waals surface area (Å²) in [5.74, 6) is 0.0862. The van der Waals surface area contributed by atoms with Gasteiger partial charge in [-0.15, -0.1) is 0 Å². The molecule has 2 N–H and O–H groups in total. The summed E-state index contributed by atoms with van der Waals surface area (Å²) in [6.45, 7) is 14.6. The molecule has 0 radical (unpaired) electrons. The third kappa shape index (κ3) is 6.92. The molecule has 0 unspecified atom stereocenters. The minimum Gasteiger partial charge on any atom is -0.444 e. The van der Waals surface area contributed by atoms with Crippen LogP contribution in [0.4, 0.5) is 4.79 Å². The molecule has 3 saturated heterocycles. The monoisotopic (exact) mass is 542 g/mol. The molecule has 39 heavy (non-hydrogen) atoms. The zero-order valence-corrected chi connectivity index (χ0v) is 24.4. The number of nitrogens with zero attached hydrogens (tertiary/aromatic N) is 3. The van der Waals surface area contributed by atoms with Crippen molar-refractivity contribution in [3.8, 4) is 0 Å². The second-order valence-corrected chi connectivity index (χ2v) is 13.4. The van der Waals surface area contributed by atoms with Gasteiger partial charge >= 0.3 is 6.09 Å². The van der Waals surface area contributed by atoms with E-state index in [0.717, 1.165) is 18.4 Å². The van der Waals surface area contributed by atoms with Crippen LogP contribution < -0.4 is 5.73 Å². The van der Waals surface area contributed by atoms with Gasteiger partial charge in [0.1, 0.15) is 17.7 Å². The highest BCUT2D eigenvalue weighted by Gasteiger charge is 2.48. The Morgan fingerprint density at radius 3 is 2.28 bits per heavy atom. The van der Waals surface area contributed by atoms with Crippen LogP contribution in [-0.2, 0) is 19.1 Å². The first-order valence-electron chi connectivity index (χ1n) is 14.2. The second-order valence-electron chi connectivity index (χ2n) is 13.4. The molecule has 216 valence electrons. The zero-order chi connectivity index (χ0) is 28.5. The third-order valence-electron chi connectivity index (χ3n) is 8.05. The highest BCUT2D eigenvalue weighted by atomic mass is 16.6. The van der Waals surface area contributed by atoms with Crippen molar-refractivity contribution in [1.82, 2.24) is 14.7 Å². The highest BCUT2D eigenvalue weighted by Crippen LogP contribution is 2.36. The second kappa shape index (κ2) is 11.5. The Morgan fingerprint density at radius 1 is 1.00 bits per heavy atom. The summed E-state index contributed by atoms with van der Waals surface area (Å²) in [5, 5.41) is 0. The number of nitrogens with two attached hydrogens (primary N) is 1. The highest BCUT2D eigenvalue weighted by molar-refractivity contribution is 5.91. The maximum absolute atomic E-state index is 14.1. The predicted octanol–water partition coefficient (Wildman–Crippen LogP) is 3.43. The molecule has 0 saturated carbocycles. The topological polar surface area (TPSA) is 105 Å². The molecule has 3 aliphatic heterocycles. The van der Waals surface area contributed by atoms with Crippen molar-refractivity contribution in [3.63, 3.8) is 0 Å². The van der Waals surface area contributed by atoms with Gasteiger partial charge in [0, 0.05) is 26.2 Å². The van der Waals surface area contributed by atoms with Gasteiger partial charge in [-0.05, 0) is 56.4 Å². The summed E-state index contributed by atoms with van der Waals surface area (Å²) >= 11 is 0. The van der Waals surface area contributed by atoms with Gasteiger partial charge in [0.2, 0.25) is 11.8 Å². The summed E-state index contributed by atoms with van der Waals surface area (Å²) in [4.78, 5) is 45.5. The van der Waals surface area contributed by atoms with Gasteiger partial charge in [-0.3, -0.25) is 9.59 Å². The number of carbonyl (C=O) groups excluding carboxylic acids is 3. The normalized spacial score (nSPS) is 25.3. The van der Waals surface area contributed by atoms with Crippen LogP contribution in [0.2, 0.25) is 0 Å². The number of rotatable bonds is 5. The molecular weight excluding hydrogens is 496 g/mol. The van der Waals surface area contributed by atoms with E-state index in [1.807, 2.05) is 76.8 Å². The Balaban J connectivity index is 1.48. The maximum atomic E-state index is 14.1. The van der Waals surface area contributed by atoms with Gasteiger partial charge in [0.05, 0.1) is 19.2 Å². The molecule has 0 bridgehead atoms.